The van der Waals surface area contributed by atoms with E-state index in [1.165, 1.54) is 4.90 Å². The number of nitrogen functional groups attached to an aromatic ring is 1. The van der Waals surface area contributed by atoms with Gasteiger partial charge in [0.2, 0.25) is 0 Å². The number of halogens is 2. The molecule has 1 unspecified atom stereocenters. The summed E-state index contributed by atoms with van der Waals surface area (Å²) in [7, 11) is 0. The smallest absolute Gasteiger partial charge is 0.147 e. The van der Waals surface area contributed by atoms with Crippen LogP contribution in [0.15, 0.2) is 36.5 Å². The zero-order valence-corrected chi connectivity index (χ0v) is 11.5. The van der Waals surface area contributed by atoms with Gasteiger partial charge in [0.15, 0.2) is 0 Å². The molecule has 2 aromatic carbocycles. The van der Waals surface area contributed by atoms with E-state index in [2.05, 4.69) is 0 Å². The first-order valence-electron chi connectivity index (χ1n) is 6.55. The van der Waals surface area contributed by atoms with Crippen LogP contribution in [0.25, 0.3) is 6.08 Å². The third-order valence-corrected chi connectivity index (χ3v) is 3.75. The van der Waals surface area contributed by atoms with Crippen LogP contribution in [-0.4, -0.2) is 0 Å². The summed E-state index contributed by atoms with van der Waals surface area (Å²) in [5.41, 5.74) is 15.6. The molecule has 0 saturated heterocycles. The second-order valence-electron chi connectivity index (χ2n) is 5.06. The molecule has 21 heavy (non-hydrogen) atoms. The summed E-state index contributed by atoms with van der Waals surface area (Å²) in [6.45, 7) is 1.91. The van der Waals surface area contributed by atoms with Crippen molar-refractivity contribution in [3.63, 3.8) is 0 Å². The fraction of sp³-hybridized carbons (Fsp3) is 0.125. The van der Waals surface area contributed by atoms with Crippen molar-refractivity contribution in [3.05, 3.63) is 64.9 Å². The van der Waals surface area contributed by atoms with Gasteiger partial charge in [0.05, 0.1) is 5.69 Å². The van der Waals surface area contributed by atoms with Crippen LogP contribution in [-0.2, 0) is 0 Å². The Kier molecular flexibility index (Phi) is 3.14. The highest BCUT2D eigenvalue weighted by Gasteiger charge is 2.25. The van der Waals surface area contributed by atoms with Crippen LogP contribution in [0.1, 0.15) is 22.9 Å². The fourth-order valence-electron chi connectivity index (χ4n) is 2.52. The average Bonchev–Trinajstić information content (AvgIpc) is 2.46. The van der Waals surface area contributed by atoms with Gasteiger partial charge in [0.1, 0.15) is 17.8 Å². The number of nitrogens with zero attached hydrogens (tertiary/aromatic N) is 1. The standard InChI is InChI=1S/C16H15F2N3/c1-9-2-4-12-11(15(9)19)6-7-21(16(12)20)14-8-10(17)3-5-13(14)18/h2-8,16H,19-20H2,1H3. The van der Waals surface area contributed by atoms with E-state index in [9.17, 15) is 8.78 Å². The van der Waals surface area contributed by atoms with Crippen LogP contribution in [0.4, 0.5) is 20.2 Å². The van der Waals surface area contributed by atoms with Crippen LogP contribution >= 0.6 is 0 Å². The highest BCUT2D eigenvalue weighted by Crippen LogP contribution is 2.36. The minimum Gasteiger partial charge on any atom is -0.398 e. The molecule has 3 nitrogen and oxygen atoms in total. The molecule has 0 aromatic heterocycles. The number of benzene rings is 2. The van der Waals surface area contributed by atoms with Gasteiger partial charge in [-0.05, 0) is 36.3 Å². The quantitative estimate of drug-likeness (QED) is 0.791. The molecule has 0 saturated carbocycles. The van der Waals surface area contributed by atoms with Crippen LogP contribution in [0.3, 0.4) is 0 Å². The average molecular weight is 287 g/mol. The van der Waals surface area contributed by atoms with Crippen molar-refractivity contribution >= 4 is 17.5 Å². The topological polar surface area (TPSA) is 55.3 Å². The van der Waals surface area contributed by atoms with Crippen LogP contribution < -0.4 is 16.4 Å². The fourth-order valence-corrected chi connectivity index (χ4v) is 2.52. The molecule has 1 aliphatic rings. The lowest BCUT2D eigenvalue weighted by molar-refractivity contribution is 0.589. The Labute approximate surface area is 121 Å². The van der Waals surface area contributed by atoms with Gasteiger partial charge < -0.3 is 16.4 Å². The van der Waals surface area contributed by atoms with E-state index in [0.717, 1.165) is 34.9 Å². The Morgan fingerprint density at radius 1 is 1.14 bits per heavy atom. The lowest BCUT2D eigenvalue weighted by Crippen LogP contribution is -2.33. The second kappa shape index (κ2) is 4.86. The largest absolute Gasteiger partial charge is 0.398 e. The van der Waals surface area contributed by atoms with E-state index < -0.39 is 17.8 Å². The van der Waals surface area contributed by atoms with Gasteiger partial charge in [0.25, 0.3) is 0 Å². The Hall–Kier alpha value is -2.40. The molecule has 0 fully saturated rings. The van der Waals surface area contributed by atoms with Crippen molar-refractivity contribution in [2.24, 2.45) is 5.73 Å². The van der Waals surface area contributed by atoms with E-state index in [1.807, 2.05) is 19.1 Å². The molecule has 0 amide bonds. The summed E-state index contributed by atoms with van der Waals surface area (Å²) < 4.78 is 27.3. The molecule has 4 N–H and O–H groups in total. The molecule has 1 aliphatic heterocycles. The minimum atomic E-state index is -0.621. The maximum absolute atomic E-state index is 13.9. The summed E-state index contributed by atoms with van der Waals surface area (Å²) in [5.74, 6) is -1.04. The van der Waals surface area contributed by atoms with Gasteiger partial charge in [-0.1, -0.05) is 12.1 Å². The van der Waals surface area contributed by atoms with E-state index in [-0.39, 0.29) is 5.69 Å². The molecule has 0 radical (unpaired) electrons. The summed E-state index contributed by atoms with van der Waals surface area (Å²) in [6.07, 6.45) is 2.77. The summed E-state index contributed by atoms with van der Waals surface area (Å²) in [4.78, 5) is 1.50. The molecule has 1 atom stereocenters. The molecular formula is C16H15F2N3. The number of hydrogen-bond acceptors (Lipinski definition) is 3. The van der Waals surface area contributed by atoms with E-state index in [0.29, 0.717) is 5.69 Å². The van der Waals surface area contributed by atoms with Gasteiger partial charge in [-0.15, -0.1) is 0 Å². The Balaban J connectivity index is 2.10. The van der Waals surface area contributed by atoms with Crippen molar-refractivity contribution in [2.75, 3.05) is 10.6 Å². The summed E-state index contributed by atoms with van der Waals surface area (Å²) in [5, 5.41) is 0. The van der Waals surface area contributed by atoms with Crippen LogP contribution in [0.5, 0.6) is 0 Å². The number of anilines is 2. The third-order valence-electron chi connectivity index (χ3n) is 3.75. The Morgan fingerprint density at radius 3 is 2.67 bits per heavy atom. The van der Waals surface area contributed by atoms with Crippen LogP contribution in [0.2, 0.25) is 0 Å². The van der Waals surface area contributed by atoms with Crippen molar-refractivity contribution in [1.82, 2.24) is 0 Å². The Bertz CT molecular complexity index is 741. The number of hydrogen-bond donors (Lipinski definition) is 2. The highest BCUT2D eigenvalue weighted by molar-refractivity contribution is 5.75. The second-order valence-corrected chi connectivity index (χ2v) is 5.06. The first-order valence-corrected chi connectivity index (χ1v) is 6.55. The van der Waals surface area contributed by atoms with Crippen LogP contribution in [0, 0.1) is 18.6 Å². The number of aryl methyl sites for hydroxylation is 1. The third kappa shape index (κ3) is 2.15. The van der Waals surface area contributed by atoms with E-state index in [1.54, 1.807) is 12.3 Å². The predicted octanol–water partition coefficient (Wildman–Crippen LogP) is 3.30. The SMILES string of the molecule is Cc1ccc2c(c1N)C=CN(c1cc(F)ccc1F)C2N. The van der Waals surface area contributed by atoms with Gasteiger partial charge in [0, 0.05) is 23.5 Å². The molecule has 2 aromatic rings. The predicted molar refractivity (Wildman–Crippen MR) is 80.4 cm³/mol. The molecule has 0 bridgehead atoms. The maximum Gasteiger partial charge on any atom is 0.147 e. The maximum atomic E-state index is 13.9. The van der Waals surface area contributed by atoms with Crippen molar-refractivity contribution in [2.45, 2.75) is 13.1 Å². The highest BCUT2D eigenvalue weighted by atomic mass is 19.1. The molecular weight excluding hydrogens is 272 g/mol. The number of rotatable bonds is 1. The van der Waals surface area contributed by atoms with Gasteiger partial charge in [-0.3, -0.25) is 0 Å². The molecule has 3 rings (SSSR count). The summed E-state index contributed by atoms with van der Waals surface area (Å²) in [6, 6.07) is 7.02. The minimum absolute atomic E-state index is 0.101. The van der Waals surface area contributed by atoms with Crippen molar-refractivity contribution in [1.29, 1.82) is 0 Å². The Morgan fingerprint density at radius 2 is 1.90 bits per heavy atom. The molecule has 108 valence electrons. The van der Waals surface area contributed by atoms with E-state index >= 15 is 0 Å². The van der Waals surface area contributed by atoms with Crippen molar-refractivity contribution < 1.29 is 8.78 Å². The molecule has 0 aliphatic carbocycles. The zero-order valence-electron chi connectivity index (χ0n) is 11.5. The van der Waals surface area contributed by atoms with E-state index in [4.69, 9.17) is 11.5 Å². The van der Waals surface area contributed by atoms with Gasteiger partial charge >= 0.3 is 0 Å². The normalized spacial score (nSPS) is 17.0. The summed E-state index contributed by atoms with van der Waals surface area (Å²) >= 11 is 0. The van der Waals surface area contributed by atoms with Gasteiger partial charge in [-0.25, -0.2) is 8.78 Å². The molecule has 1 heterocycles. The lowest BCUT2D eigenvalue weighted by Gasteiger charge is -2.33. The zero-order chi connectivity index (χ0) is 15.1. The van der Waals surface area contributed by atoms with Crippen molar-refractivity contribution in [3.8, 4) is 0 Å². The van der Waals surface area contributed by atoms with Gasteiger partial charge in [-0.2, -0.15) is 0 Å². The lowest BCUT2D eigenvalue weighted by atomic mass is 9.96. The first kappa shape index (κ1) is 13.6. The first-order chi connectivity index (χ1) is 9.99. The molecule has 0 spiro atoms. The number of nitrogens with two attached hydrogens (primary N) is 2. The number of fused-ring (bicyclic) bond motifs is 1. The monoisotopic (exact) mass is 287 g/mol. The molecule has 5 heteroatoms.